The molecule has 0 saturated carbocycles. The largest absolute Gasteiger partial charge is 0.319 e. The molecule has 0 spiro atoms. The van der Waals surface area contributed by atoms with Crippen LogP contribution >= 0.6 is 22.9 Å². The third-order valence-electron chi connectivity index (χ3n) is 3.14. The van der Waals surface area contributed by atoms with Gasteiger partial charge in [0.05, 0.1) is 11.5 Å². The number of nitro groups is 1. The highest BCUT2D eigenvalue weighted by atomic mass is 35.5. The number of amides is 1. The number of halogens is 1. The van der Waals surface area contributed by atoms with Crippen LogP contribution in [0.5, 0.6) is 0 Å². The first-order valence-electron chi connectivity index (χ1n) is 7.09. The lowest BCUT2D eigenvalue weighted by Gasteiger charge is -2.19. The molecule has 1 aromatic heterocycles. The minimum absolute atomic E-state index is 0.101. The highest BCUT2D eigenvalue weighted by molar-refractivity contribution is 7.09. The number of thiophene rings is 1. The highest BCUT2D eigenvalue weighted by Crippen LogP contribution is 2.27. The lowest BCUT2D eigenvalue weighted by molar-refractivity contribution is -0.383. The molecule has 0 aliphatic carbocycles. The van der Waals surface area contributed by atoms with Crippen molar-refractivity contribution in [3.05, 3.63) is 68.4 Å². The molecule has 8 heteroatoms. The van der Waals surface area contributed by atoms with Gasteiger partial charge in [0, 0.05) is 29.1 Å². The summed E-state index contributed by atoms with van der Waals surface area (Å²) in [7, 11) is 0. The van der Waals surface area contributed by atoms with Gasteiger partial charge in [0.1, 0.15) is 5.69 Å². The second-order valence-corrected chi connectivity index (χ2v) is 6.47. The Kier molecular flexibility index (Phi) is 6.48. The molecule has 0 atom stereocenters. The lowest BCUT2D eigenvalue weighted by atomic mass is 10.2. The number of anilines is 1. The van der Waals surface area contributed by atoms with Gasteiger partial charge in [-0.25, -0.2) is 0 Å². The molecule has 6 nitrogen and oxygen atoms in total. The van der Waals surface area contributed by atoms with E-state index in [2.05, 4.69) is 11.9 Å². The maximum atomic E-state index is 12.2. The smallest absolute Gasteiger partial charge is 0.294 e. The molecule has 0 saturated heterocycles. The molecule has 126 valence electrons. The summed E-state index contributed by atoms with van der Waals surface area (Å²) in [6.45, 7) is 4.94. The van der Waals surface area contributed by atoms with Crippen molar-refractivity contribution in [1.82, 2.24) is 4.90 Å². The normalized spacial score (nSPS) is 10.6. The van der Waals surface area contributed by atoms with Crippen LogP contribution < -0.4 is 5.32 Å². The number of carbonyl (C=O) groups is 1. The lowest BCUT2D eigenvalue weighted by Crippen LogP contribution is -2.33. The van der Waals surface area contributed by atoms with Gasteiger partial charge < -0.3 is 5.32 Å². The van der Waals surface area contributed by atoms with Crippen molar-refractivity contribution in [2.45, 2.75) is 6.54 Å². The van der Waals surface area contributed by atoms with E-state index in [-0.39, 0.29) is 28.8 Å². The van der Waals surface area contributed by atoms with Gasteiger partial charge in [-0.1, -0.05) is 23.7 Å². The minimum Gasteiger partial charge on any atom is -0.319 e. The summed E-state index contributed by atoms with van der Waals surface area (Å²) in [6, 6.07) is 8.07. The molecule has 2 rings (SSSR count). The number of rotatable bonds is 8. The summed E-state index contributed by atoms with van der Waals surface area (Å²) in [6.07, 6.45) is 1.71. The van der Waals surface area contributed by atoms with Gasteiger partial charge >= 0.3 is 0 Å². The average Bonchev–Trinajstić information content (AvgIpc) is 3.02. The fourth-order valence-electron chi connectivity index (χ4n) is 2.14. The Morgan fingerprint density at radius 1 is 1.46 bits per heavy atom. The van der Waals surface area contributed by atoms with E-state index < -0.39 is 4.92 Å². The van der Waals surface area contributed by atoms with Crippen LogP contribution in [0.25, 0.3) is 0 Å². The first kappa shape index (κ1) is 18.1. The molecule has 0 bridgehead atoms. The molecule has 1 amide bonds. The van der Waals surface area contributed by atoms with Crippen LogP contribution in [-0.4, -0.2) is 28.8 Å². The minimum atomic E-state index is -0.575. The number of nitrogens with one attached hydrogen (secondary N) is 1. The van der Waals surface area contributed by atoms with Crippen molar-refractivity contribution in [1.29, 1.82) is 0 Å². The van der Waals surface area contributed by atoms with E-state index in [1.54, 1.807) is 17.4 Å². The van der Waals surface area contributed by atoms with Gasteiger partial charge in [-0.3, -0.25) is 19.8 Å². The van der Waals surface area contributed by atoms with Crippen LogP contribution in [0.1, 0.15) is 4.88 Å². The van der Waals surface area contributed by atoms with Crippen LogP contribution in [0.3, 0.4) is 0 Å². The summed E-state index contributed by atoms with van der Waals surface area (Å²) >= 11 is 7.37. The molecule has 0 unspecified atom stereocenters. The number of benzene rings is 1. The summed E-state index contributed by atoms with van der Waals surface area (Å²) < 4.78 is 0. The monoisotopic (exact) mass is 365 g/mol. The van der Waals surface area contributed by atoms with Crippen molar-refractivity contribution >= 4 is 40.2 Å². The van der Waals surface area contributed by atoms with Crippen LogP contribution in [0.4, 0.5) is 11.4 Å². The quantitative estimate of drug-likeness (QED) is 0.437. The topological polar surface area (TPSA) is 75.5 Å². The Hall–Kier alpha value is -2.22. The van der Waals surface area contributed by atoms with E-state index in [1.165, 1.54) is 18.2 Å². The SMILES string of the molecule is C=CCN(CC(=O)Nc1ccc(Cl)cc1[N+](=O)[O-])Cc1cccs1. The van der Waals surface area contributed by atoms with E-state index in [1.807, 2.05) is 22.4 Å². The predicted molar refractivity (Wildman–Crippen MR) is 96.5 cm³/mol. The standard InChI is InChI=1S/C16H16ClN3O3S/c1-2-7-19(10-13-4-3-8-24-13)11-16(21)18-14-6-5-12(17)9-15(14)20(22)23/h2-6,8-9H,1,7,10-11H2,(H,18,21). The third-order valence-corrected chi connectivity index (χ3v) is 4.24. The predicted octanol–water partition coefficient (Wildman–Crippen LogP) is 3.94. The van der Waals surface area contributed by atoms with Crippen molar-refractivity contribution in [2.75, 3.05) is 18.4 Å². The van der Waals surface area contributed by atoms with Crippen molar-refractivity contribution in [2.24, 2.45) is 0 Å². The van der Waals surface area contributed by atoms with Gasteiger partial charge in [0.2, 0.25) is 5.91 Å². The van der Waals surface area contributed by atoms with Crippen molar-refractivity contribution in [3.63, 3.8) is 0 Å². The number of hydrogen-bond donors (Lipinski definition) is 1. The fourth-order valence-corrected chi connectivity index (χ4v) is 3.06. The summed E-state index contributed by atoms with van der Waals surface area (Å²) in [5.74, 6) is -0.334. The summed E-state index contributed by atoms with van der Waals surface area (Å²) in [5.41, 5.74) is -0.103. The first-order valence-corrected chi connectivity index (χ1v) is 8.34. The van der Waals surface area contributed by atoms with Crippen LogP contribution in [-0.2, 0) is 11.3 Å². The van der Waals surface area contributed by atoms with Crippen LogP contribution in [0.2, 0.25) is 5.02 Å². The molecule has 0 radical (unpaired) electrons. The summed E-state index contributed by atoms with van der Waals surface area (Å²) in [4.78, 5) is 25.8. The average molecular weight is 366 g/mol. The van der Waals surface area contributed by atoms with Crippen molar-refractivity contribution < 1.29 is 9.72 Å². The number of carbonyl (C=O) groups excluding carboxylic acids is 1. The Morgan fingerprint density at radius 2 is 2.25 bits per heavy atom. The Labute approximate surface area is 148 Å². The maximum Gasteiger partial charge on any atom is 0.294 e. The Bertz CT molecular complexity index is 734. The van der Waals surface area contributed by atoms with E-state index in [4.69, 9.17) is 11.6 Å². The van der Waals surface area contributed by atoms with E-state index in [9.17, 15) is 14.9 Å². The molecule has 2 aromatic rings. The zero-order valence-corrected chi connectivity index (χ0v) is 14.3. The fraction of sp³-hybridized carbons (Fsp3) is 0.188. The van der Waals surface area contributed by atoms with E-state index in [0.717, 1.165) is 4.88 Å². The Balaban J connectivity index is 2.05. The first-order chi connectivity index (χ1) is 11.5. The third kappa shape index (κ3) is 5.16. The molecule has 1 N–H and O–H groups in total. The van der Waals surface area contributed by atoms with Gasteiger partial charge in [-0.05, 0) is 23.6 Å². The highest BCUT2D eigenvalue weighted by Gasteiger charge is 2.18. The van der Waals surface area contributed by atoms with Gasteiger partial charge in [-0.15, -0.1) is 17.9 Å². The second kappa shape index (κ2) is 8.58. The number of nitrogens with zero attached hydrogens (tertiary/aromatic N) is 2. The summed E-state index contributed by atoms with van der Waals surface area (Å²) in [5, 5.41) is 15.9. The number of nitro benzene ring substituents is 1. The van der Waals surface area contributed by atoms with Crippen LogP contribution in [0, 0.1) is 10.1 Å². The van der Waals surface area contributed by atoms with Crippen LogP contribution in [0.15, 0.2) is 48.4 Å². The van der Waals surface area contributed by atoms with Gasteiger partial charge in [0.25, 0.3) is 5.69 Å². The van der Waals surface area contributed by atoms with E-state index >= 15 is 0 Å². The van der Waals surface area contributed by atoms with E-state index in [0.29, 0.717) is 13.1 Å². The molecular weight excluding hydrogens is 350 g/mol. The number of hydrogen-bond acceptors (Lipinski definition) is 5. The van der Waals surface area contributed by atoms with Gasteiger partial charge in [0.15, 0.2) is 0 Å². The molecule has 1 heterocycles. The molecule has 24 heavy (non-hydrogen) atoms. The maximum absolute atomic E-state index is 12.2. The molecule has 0 fully saturated rings. The second-order valence-electron chi connectivity index (χ2n) is 5.00. The molecular formula is C16H16ClN3O3S. The zero-order chi connectivity index (χ0) is 17.5. The van der Waals surface area contributed by atoms with Crippen molar-refractivity contribution in [3.8, 4) is 0 Å². The molecule has 0 aliphatic heterocycles. The zero-order valence-electron chi connectivity index (χ0n) is 12.8. The van der Waals surface area contributed by atoms with Gasteiger partial charge in [-0.2, -0.15) is 0 Å². The molecule has 0 aliphatic rings. The molecule has 1 aromatic carbocycles. The Morgan fingerprint density at radius 3 is 2.88 bits per heavy atom.